The Morgan fingerprint density at radius 1 is 0.963 bits per heavy atom. The van der Waals surface area contributed by atoms with Crippen molar-refractivity contribution in [3.63, 3.8) is 0 Å². The molecule has 0 unspecified atom stereocenters. The van der Waals surface area contributed by atoms with Crippen molar-refractivity contribution in [1.29, 1.82) is 0 Å². The van der Waals surface area contributed by atoms with Crippen LogP contribution in [0.3, 0.4) is 0 Å². The first-order valence-electron chi connectivity index (χ1n) is 8.83. The fourth-order valence-electron chi connectivity index (χ4n) is 2.76. The van der Waals surface area contributed by atoms with Crippen molar-refractivity contribution < 1.29 is 19.1 Å². The summed E-state index contributed by atoms with van der Waals surface area (Å²) < 4.78 is 10.5. The van der Waals surface area contributed by atoms with Crippen LogP contribution in [0.4, 0.5) is 0 Å². The van der Waals surface area contributed by atoms with Crippen LogP contribution in [0.2, 0.25) is 0 Å². The van der Waals surface area contributed by atoms with E-state index in [1.165, 1.54) is 5.56 Å². The molecule has 0 atom stereocenters. The van der Waals surface area contributed by atoms with Crippen LogP contribution in [0, 0.1) is 0 Å². The molecule has 0 saturated carbocycles. The highest BCUT2D eigenvalue weighted by molar-refractivity contribution is 6.08. The number of rotatable bonds is 6. The molecule has 1 heterocycles. The molecule has 0 spiro atoms. The van der Waals surface area contributed by atoms with E-state index in [-0.39, 0.29) is 24.4 Å². The minimum atomic E-state index is -0.580. The Morgan fingerprint density at radius 3 is 2.37 bits per heavy atom. The number of para-hydroxylation sites is 1. The lowest BCUT2D eigenvalue weighted by Gasteiger charge is -2.19. The first-order valence-corrected chi connectivity index (χ1v) is 8.83. The molecular weight excluding hydrogens is 342 g/mol. The van der Waals surface area contributed by atoms with Crippen molar-refractivity contribution in [2.75, 3.05) is 13.2 Å². The van der Waals surface area contributed by atoms with E-state index in [0.717, 1.165) is 10.9 Å². The molecule has 2 aromatic carbocycles. The van der Waals surface area contributed by atoms with E-state index in [4.69, 9.17) is 9.47 Å². The van der Waals surface area contributed by atoms with Gasteiger partial charge in [0.15, 0.2) is 13.2 Å². The average molecular weight is 365 g/mol. The first kappa shape index (κ1) is 18.7. The fourth-order valence-corrected chi connectivity index (χ4v) is 2.76. The number of carbonyl (C=O) groups excluding carboxylic acids is 2. The van der Waals surface area contributed by atoms with Crippen LogP contribution in [0.25, 0.3) is 10.9 Å². The molecule has 0 saturated heterocycles. The number of aromatic amines is 1. The van der Waals surface area contributed by atoms with Crippen LogP contribution in [0.1, 0.15) is 36.7 Å². The summed E-state index contributed by atoms with van der Waals surface area (Å²) in [6.07, 6.45) is 1.63. The zero-order valence-corrected chi connectivity index (χ0v) is 15.7. The van der Waals surface area contributed by atoms with Gasteiger partial charge in [0.05, 0.1) is 0 Å². The number of hydrogen-bond donors (Lipinski definition) is 1. The zero-order valence-electron chi connectivity index (χ0n) is 15.7. The third kappa shape index (κ3) is 4.56. The molecule has 0 radical (unpaired) electrons. The molecular formula is C22H23NO4. The molecule has 0 aliphatic carbocycles. The van der Waals surface area contributed by atoms with Gasteiger partial charge in [-0.1, -0.05) is 51.1 Å². The van der Waals surface area contributed by atoms with Gasteiger partial charge >= 0.3 is 5.97 Å². The Kier molecular flexibility index (Phi) is 5.31. The highest BCUT2D eigenvalue weighted by Crippen LogP contribution is 2.24. The topological polar surface area (TPSA) is 68.4 Å². The second kappa shape index (κ2) is 7.66. The van der Waals surface area contributed by atoms with Gasteiger partial charge in [-0.05, 0) is 29.2 Å². The lowest BCUT2D eigenvalue weighted by Crippen LogP contribution is -2.19. The van der Waals surface area contributed by atoms with Crippen LogP contribution in [0.5, 0.6) is 5.75 Å². The first-order chi connectivity index (χ1) is 12.8. The number of ketones is 1. The molecule has 3 rings (SSSR count). The Labute approximate surface area is 158 Å². The van der Waals surface area contributed by atoms with Crippen molar-refractivity contribution in [3.8, 4) is 5.75 Å². The number of nitrogens with one attached hydrogen (secondary N) is 1. The summed E-state index contributed by atoms with van der Waals surface area (Å²) in [7, 11) is 0. The minimum Gasteiger partial charge on any atom is -0.482 e. The van der Waals surface area contributed by atoms with Gasteiger partial charge in [-0.2, -0.15) is 0 Å². The van der Waals surface area contributed by atoms with Crippen molar-refractivity contribution in [3.05, 3.63) is 65.9 Å². The summed E-state index contributed by atoms with van der Waals surface area (Å²) in [6, 6.07) is 15.1. The smallest absolute Gasteiger partial charge is 0.344 e. The summed E-state index contributed by atoms with van der Waals surface area (Å²) in [4.78, 5) is 27.2. The van der Waals surface area contributed by atoms with Gasteiger partial charge in [-0.15, -0.1) is 0 Å². The minimum absolute atomic E-state index is 0.0558. The SMILES string of the molecule is CC(C)(C)c1ccc(OCC(=O)OCC(=O)c2c[nH]c3ccccc23)cc1. The molecule has 0 fully saturated rings. The number of aromatic nitrogens is 1. The number of carbonyl (C=O) groups is 2. The second-order valence-electron chi connectivity index (χ2n) is 7.39. The van der Waals surface area contributed by atoms with Crippen LogP contribution in [0.15, 0.2) is 54.7 Å². The second-order valence-corrected chi connectivity index (χ2v) is 7.39. The summed E-state index contributed by atoms with van der Waals surface area (Å²) >= 11 is 0. The van der Waals surface area contributed by atoms with E-state index >= 15 is 0 Å². The molecule has 1 aromatic heterocycles. The van der Waals surface area contributed by atoms with Gasteiger partial charge in [0, 0.05) is 22.7 Å². The normalized spacial score (nSPS) is 11.4. The van der Waals surface area contributed by atoms with Crippen LogP contribution >= 0.6 is 0 Å². The standard InChI is InChI=1S/C22H23NO4/c1-22(2,3)15-8-10-16(11-9-15)26-14-21(25)27-13-20(24)18-12-23-19-7-5-4-6-17(18)19/h4-12,23H,13-14H2,1-3H3. The quantitative estimate of drug-likeness (QED) is 0.523. The number of fused-ring (bicyclic) bond motifs is 1. The van der Waals surface area contributed by atoms with E-state index in [1.807, 2.05) is 48.5 Å². The van der Waals surface area contributed by atoms with Gasteiger partial charge in [0.25, 0.3) is 0 Å². The van der Waals surface area contributed by atoms with E-state index in [2.05, 4.69) is 25.8 Å². The van der Waals surface area contributed by atoms with E-state index in [9.17, 15) is 9.59 Å². The summed E-state index contributed by atoms with van der Waals surface area (Å²) in [5.41, 5.74) is 2.62. The van der Waals surface area contributed by atoms with Crippen molar-refractivity contribution in [1.82, 2.24) is 4.98 Å². The highest BCUT2D eigenvalue weighted by atomic mass is 16.6. The van der Waals surface area contributed by atoms with E-state index in [0.29, 0.717) is 11.3 Å². The highest BCUT2D eigenvalue weighted by Gasteiger charge is 2.15. The van der Waals surface area contributed by atoms with Crippen LogP contribution in [-0.4, -0.2) is 30.0 Å². The largest absolute Gasteiger partial charge is 0.482 e. The van der Waals surface area contributed by atoms with E-state index < -0.39 is 5.97 Å². The summed E-state index contributed by atoms with van der Waals surface area (Å²) in [5, 5.41) is 0.814. The Morgan fingerprint density at radius 2 is 1.67 bits per heavy atom. The Hall–Kier alpha value is -3.08. The lowest BCUT2D eigenvalue weighted by molar-refractivity contribution is -0.144. The number of hydrogen-bond acceptors (Lipinski definition) is 4. The molecule has 5 heteroatoms. The van der Waals surface area contributed by atoms with Crippen LogP contribution in [-0.2, 0) is 14.9 Å². The Bertz CT molecular complexity index is 948. The third-order valence-corrected chi connectivity index (χ3v) is 4.33. The van der Waals surface area contributed by atoms with Gasteiger partial charge in [0.2, 0.25) is 5.78 Å². The number of esters is 1. The van der Waals surface area contributed by atoms with Gasteiger partial charge in [0.1, 0.15) is 5.75 Å². The lowest BCUT2D eigenvalue weighted by atomic mass is 9.87. The van der Waals surface area contributed by atoms with Gasteiger partial charge in [-0.3, -0.25) is 4.79 Å². The number of ether oxygens (including phenoxy) is 2. The monoisotopic (exact) mass is 365 g/mol. The number of Topliss-reactive ketones (excluding diaryl/α,β-unsaturated/α-hetero) is 1. The molecule has 27 heavy (non-hydrogen) atoms. The maximum absolute atomic E-state index is 12.3. The van der Waals surface area contributed by atoms with Crippen molar-refractivity contribution in [2.24, 2.45) is 0 Å². The number of benzene rings is 2. The maximum atomic E-state index is 12.3. The summed E-state index contributed by atoms with van der Waals surface area (Å²) in [6.45, 7) is 5.84. The summed E-state index contributed by atoms with van der Waals surface area (Å²) in [5.74, 6) is -0.249. The van der Waals surface area contributed by atoms with Gasteiger partial charge < -0.3 is 14.5 Å². The predicted octanol–water partition coefficient (Wildman–Crippen LogP) is 4.27. The number of H-pyrrole nitrogens is 1. The molecule has 1 N–H and O–H groups in total. The van der Waals surface area contributed by atoms with Crippen molar-refractivity contribution in [2.45, 2.75) is 26.2 Å². The molecule has 0 bridgehead atoms. The van der Waals surface area contributed by atoms with E-state index in [1.54, 1.807) is 6.20 Å². The fraction of sp³-hybridized carbons (Fsp3) is 0.273. The molecule has 5 nitrogen and oxygen atoms in total. The predicted molar refractivity (Wildman–Crippen MR) is 104 cm³/mol. The zero-order chi connectivity index (χ0) is 19.4. The van der Waals surface area contributed by atoms with Gasteiger partial charge in [-0.25, -0.2) is 4.79 Å². The molecule has 0 aliphatic rings. The molecule has 0 amide bonds. The third-order valence-electron chi connectivity index (χ3n) is 4.33. The molecule has 140 valence electrons. The average Bonchev–Trinajstić information content (AvgIpc) is 3.08. The molecule has 3 aromatic rings. The maximum Gasteiger partial charge on any atom is 0.344 e. The van der Waals surface area contributed by atoms with Crippen LogP contribution < -0.4 is 4.74 Å². The Balaban J connectivity index is 1.50. The van der Waals surface area contributed by atoms with Crippen molar-refractivity contribution >= 4 is 22.7 Å². The molecule has 0 aliphatic heterocycles.